The van der Waals surface area contributed by atoms with Crippen LogP contribution in [0, 0.1) is 0 Å². The Bertz CT molecular complexity index is 990. The summed E-state index contributed by atoms with van der Waals surface area (Å²) in [6, 6.07) is 14.1. The van der Waals surface area contributed by atoms with Crippen LogP contribution in [0.2, 0.25) is 0 Å². The maximum Gasteiger partial charge on any atom is 0.336 e. The third-order valence-electron chi connectivity index (χ3n) is 4.93. The van der Waals surface area contributed by atoms with Gasteiger partial charge in [-0.25, -0.2) is 9.59 Å². The van der Waals surface area contributed by atoms with Crippen molar-refractivity contribution >= 4 is 29.5 Å². The molecule has 3 N–H and O–H groups in total. The molecule has 156 valence electrons. The zero-order valence-electron chi connectivity index (χ0n) is 17.5. The van der Waals surface area contributed by atoms with Gasteiger partial charge < -0.3 is 25.5 Å². The number of nitrogens with one attached hydrogen (secondary N) is 2. The molecule has 0 aromatic heterocycles. The molecule has 2 aromatic carbocycles. The summed E-state index contributed by atoms with van der Waals surface area (Å²) >= 11 is 0. The monoisotopic (exact) mass is 406 g/mol. The second-order valence-electron chi connectivity index (χ2n) is 7.47. The Kier molecular flexibility index (Phi) is 6.11. The van der Waals surface area contributed by atoms with Gasteiger partial charge in [0.1, 0.15) is 0 Å². The molecule has 0 bridgehead atoms. The first-order valence-corrected chi connectivity index (χ1v) is 9.54. The number of hydrogen-bond donors (Lipinski definition) is 3. The second kappa shape index (κ2) is 8.73. The molecule has 0 radical (unpaired) electrons. The summed E-state index contributed by atoms with van der Waals surface area (Å²) in [6.45, 7) is 0. The smallest absolute Gasteiger partial charge is 0.336 e. The van der Waals surface area contributed by atoms with Crippen molar-refractivity contribution in [3.63, 3.8) is 0 Å². The minimum Gasteiger partial charge on any atom is -0.478 e. The molecule has 7 heteroatoms. The predicted octanol–water partition coefficient (Wildman–Crippen LogP) is 3.22. The predicted molar refractivity (Wildman–Crippen MR) is 120 cm³/mol. The van der Waals surface area contributed by atoms with Crippen LogP contribution in [0.4, 0.5) is 16.2 Å². The number of carbonyl (C=O) groups is 2. The minimum atomic E-state index is -1.09. The fourth-order valence-electron chi connectivity index (χ4n) is 3.23. The molecule has 0 saturated carbocycles. The van der Waals surface area contributed by atoms with Gasteiger partial charge in [-0.1, -0.05) is 30.3 Å². The molecule has 1 aliphatic heterocycles. The third kappa shape index (κ3) is 4.63. The van der Waals surface area contributed by atoms with Gasteiger partial charge in [-0.15, -0.1) is 0 Å². The molecular formula is C23H26N4O3. The Hall–Kier alpha value is -3.74. The Morgan fingerprint density at radius 3 is 1.93 bits per heavy atom. The molecule has 1 aliphatic rings. The SMILES string of the molecule is CN(C)c1ccc(/C=C/C2=C(C(=O)O)C(c3ccc(N(C)C)cc3)NC(=O)N2)cc1. The van der Waals surface area contributed by atoms with Crippen LogP contribution in [0.15, 0.2) is 65.9 Å². The Balaban J connectivity index is 1.96. The van der Waals surface area contributed by atoms with E-state index in [0.29, 0.717) is 5.56 Å². The van der Waals surface area contributed by atoms with Gasteiger partial charge >= 0.3 is 12.0 Å². The summed E-state index contributed by atoms with van der Waals surface area (Å²) in [6.07, 6.45) is 3.42. The Morgan fingerprint density at radius 2 is 1.43 bits per heavy atom. The van der Waals surface area contributed by atoms with E-state index in [9.17, 15) is 14.7 Å². The van der Waals surface area contributed by atoms with E-state index in [4.69, 9.17) is 0 Å². The third-order valence-corrected chi connectivity index (χ3v) is 4.93. The molecule has 7 nitrogen and oxygen atoms in total. The standard InChI is InChI=1S/C23H26N4O3/c1-26(2)17-10-5-15(6-11-17)7-14-19-20(22(28)29)21(25-23(30)24-19)16-8-12-18(13-9-16)27(3)4/h5-14,21H,1-4H3,(H,28,29)(H2,24,25,30)/b14-7+. The van der Waals surface area contributed by atoms with Crippen LogP contribution in [0.5, 0.6) is 0 Å². The topological polar surface area (TPSA) is 84.9 Å². The van der Waals surface area contributed by atoms with Crippen LogP contribution in [0.25, 0.3) is 6.08 Å². The first kappa shape index (κ1) is 21.0. The molecular weight excluding hydrogens is 380 g/mol. The maximum atomic E-state index is 12.2. The number of carboxylic acid groups (broad SMARTS) is 1. The quantitative estimate of drug-likeness (QED) is 0.686. The highest BCUT2D eigenvalue weighted by Gasteiger charge is 2.31. The summed E-state index contributed by atoms with van der Waals surface area (Å²) in [5, 5.41) is 15.2. The van der Waals surface area contributed by atoms with E-state index in [0.717, 1.165) is 16.9 Å². The molecule has 0 fully saturated rings. The maximum absolute atomic E-state index is 12.2. The largest absolute Gasteiger partial charge is 0.478 e. The lowest BCUT2D eigenvalue weighted by molar-refractivity contribution is -0.133. The van der Waals surface area contributed by atoms with E-state index < -0.39 is 18.0 Å². The highest BCUT2D eigenvalue weighted by Crippen LogP contribution is 2.29. The van der Waals surface area contributed by atoms with E-state index in [1.165, 1.54) is 0 Å². The van der Waals surface area contributed by atoms with E-state index in [-0.39, 0.29) is 11.3 Å². The normalized spacial score (nSPS) is 16.3. The number of anilines is 2. The Morgan fingerprint density at radius 1 is 0.900 bits per heavy atom. The molecule has 0 saturated heterocycles. The first-order chi connectivity index (χ1) is 14.3. The summed E-state index contributed by atoms with van der Waals surface area (Å²) in [7, 11) is 7.78. The molecule has 2 aromatic rings. The van der Waals surface area contributed by atoms with E-state index in [1.54, 1.807) is 12.2 Å². The van der Waals surface area contributed by atoms with Crippen molar-refractivity contribution in [2.24, 2.45) is 0 Å². The molecule has 3 rings (SSSR count). The Labute approximate surface area is 176 Å². The lowest BCUT2D eigenvalue weighted by Crippen LogP contribution is -2.45. The van der Waals surface area contributed by atoms with Crippen molar-refractivity contribution in [1.82, 2.24) is 10.6 Å². The van der Waals surface area contributed by atoms with Crippen molar-refractivity contribution in [2.45, 2.75) is 6.04 Å². The van der Waals surface area contributed by atoms with Crippen LogP contribution >= 0.6 is 0 Å². The van der Waals surface area contributed by atoms with Crippen molar-refractivity contribution in [3.8, 4) is 0 Å². The highest BCUT2D eigenvalue weighted by atomic mass is 16.4. The fourth-order valence-corrected chi connectivity index (χ4v) is 3.23. The van der Waals surface area contributed by atoms with Gasteiger partial charge in [-0.3, -0.25) is 0 Å². The van der Waals surface area contributed by atoms with Crippen molar-refractivity contribution in [3.05, 3.63) is 77.0 Å². The lowest BCUT2D eigenvalue weighted by Gasteiger charge is -2.27. The number of urea groups is 1. The highest BCUT2D eigenvalue weighted by molar-refractivity contribution is 5.95. The van der Waals surface area contributed by atoms with E-state index >= 15 is 0 Å². The number of hydrogen-bond acceptors (Lipinski definition) is 4. The number of carbonyl (C=O) groups excluding carboxylic acids is 1. The van der Waals surface area contributed by atoms with Gasteiger partial charge in [-0.05, 0) is 41.5 Å². The van der Waals surface area contributed by atoms with Gasteiger partial charge in [0.2, 0.25) is 0 Å². The van der Waals surface area contributed by atoms with E-state index in [1.807, 2.05) is 86.5 Å². The van der Waals surface area contributed by atoms with Gasteiger partial charge in [-0.2, -0.15) is 0 Å². The van der Waals surface area contributed by atoms with E-state index in [2.05, 4.69) is 10.6 Å². The van der Waals surface area contributed by atoms with Crippen molar-refractivity contribution in [1.29, 1.82) is 0 Å². The van der Waals surface area contributed by atoms with Crippen LogP contribution in [-0.4, -0.2) is 45.3 Å². The zero-order chi connectivity index (χ0) is 21.8. The van der Waals surface area contributed by atoms with Gasteiger partial charge in [0.05, 0.1) is 17.3 Å². The van der Waals surface area contributed by atoms with Gasteiger partial charge in [0.25, 0.3) is 0 Å². The average Bonchev–Trinajstić information content (AvgIpc) is 2.71. The summed E-state index contributed by atoms with van der Waals surface area (Å²) in [4.78, 5) is 28.2. The van der Waals surface area contributed by atoms with Crippen LogP contribution in [-0.2, 0) is 4.79 Å². The van der Waals surface area contributed by atoms with Crippen molar-refractivity contribution < 1.29 is 14.7 Å². The second-order valence-corrected chi connectivity index (χ2v) is 7.47. The molecule has 0 aliphatic carbocycles. The molecule has 1 heterocycles. The number of benzene rings is 2. The summed E-state index contributed by atoms with van der Waals surface area (Å²) in [5.74, 6) is -1.09. The minimum absolute atomic E-state index is 0.0911. The number of amides is 2. The number of rotatable bonds is 6. The van der Waals surface area contributed by atoms with Crippen molar-refractivity contribution in [2.75, 3.05) is 38.0 Å². The first-order valence-electron chi connectivity index (χ1n) is 9.54. The van der Waals surface area contributed by atoms with Crippen LogP contribution < -0.4 is 20.4 Å². The molecule has 2 amide bonds. The number of aliphatic carboxylic acids is 1. The molecule has 0 spiro atoms. The van der Waals surface area contributed by atoms with Gasteiger partial charge in [0.15, 0.2) is 0 Å². The van der Waals surface area contributed by atoms with Crippen LogP contribution in [0.3, 0.4) is 0 Å². The van der Waals surface area contributed by atoms with Crippen LogP contribution in [0.1, 0.15) is 17.2 Å². The number of nitrogens with zero attached hydrogens (tertiary/aromatic N) is 2. The molecule has 1 unspecified atom stereocenters. The molecule has 1 atom stereocenters. The van der Waals surface area contributed by atoms with Gasteiger partial charge in [0, 0.05) is 39.6 Å². The lowest BCUT2D eigenvalue weighted by atomic mass is 9.94. The summed E-state index contributed by atoms with van der Waals surface area (Å²) < 4.78 is 0. The zero-order valence-corrected chi connectivity index (χ0v) is 17.5. The summed E-state index contributed by atoms with van der Waals surface area (Å²) in [5.41, 5.74) is 4.01. The number of carboxylic acids is 1. The number of allylic oxidation sites excluding steroid dienone is 1. The average molecular weight is 406 g/mol. The molecule has 30 heavy (non-hydrogen) atoms. The fraction of sp³-hybridized carbons (Fsp3) is 0.217.